The van der Waals surface area contributed by atoms with Gasteiger partial charge in [-0.2, -0.15) is 4.98 Å². The Morgan fingerprint density at radius 3 is 2.83 bits per heavy atom. The predicted molar refractivity (Wildman–Crippen MR) is 70.4 cm³/mol. The van der Waals surface area contributed by atoms with Crippen LogP contribution in [0.25, 0.3) is 0 Å². The molecular weight excluding hydrogens is 303 g/mol. The van der Waals surface area contributed by atoms with Crippen molar-refractivity contribution in [1.82, 2.24) is 9.97 Å². The van der Waals surface area contributed by atoms with Crippen LogP contribution in [0.4, 0.5) is 21.6 Å². The first-order chi connectivity index (χ1) is 8.63. The van der Waals surface area contributed by atoms with Crippen LogP contribution in [0.3, 0.4) is 0 Å². The average molecular weight is 313 g/mol. The Morgan fingerprint density at radius 2 is 2.17 bits per heavy atom. The van der Waals surface area contributed by atoms with E-state index in [4.69, 9.17) is 10.5 Å². The molecule has 1 heterocycles. The van der Waals surface area contributed by atoms with Gasteiger partial charge in [0.2, 0.25) is 5.88 Å². The summed E-state index contributed by atoms with van der Waals surface area (Å²) in [5.74, 6) is 0.106. The van der Waals surface area contributed by atoms with Gasteiger partial charge in [0.25, 0.3) is 0 Å². The van der Waals surface area contributed by atoms with Crippen molar-refractivity contribution in [3.8, 4) is 5.88 Å². The van der Waals surface area contributed by atoms with Crippen LogP contribution in [-0.4, -0.2) is 17.1 Å². The maximum atomic E-state index is 13.6. The number of nitrogens with one attached hydrogen (secondary N) is 1. The topological polar surface area (TPSA) is 73.1 Å². The van der Waals surface area contributed by atoms with Crippen molar-refractivity contribution >= 4 is 33.1 Å². The molecule has 18 heavy (non-hydrogen) atoms. The van der Waals surface area contributed by atoms with Crippen molar-refractivity contribution < 1.29 is 9.13 Å². The van der Waals surface area contributed by atoms with Crippen LogP contribution in [0.2, 0.25) is 0 Å². The first-order valence-electron chi connectivity index (χ1n) is 4.99. The largest absolute Gasteiger partial charge is 0.479 e. The molecule has 5 nitrogen and oxygen atoms in total. The van der Waals surface area contributed by atoms with Crippen molar-refractivity contribution in [2.24, 2.45) is 0 Å². The highest BCUT2D eigenvalue weighted by atomic mass is 79.9. The lowest BCUT2D eigenvalue weighted by molar-refractivity contribution is 0.399. The molecule has 0 amide bonds. The molecular formula is C11H10BrFN4O. The molecule has 0 atom stereocenters. The standard InChI is InChI=1S/C11H10BrFN4O/c1-18-11-8(14)10(15-5-16-11)17-9-6(12)3-2-4-7(9)13/h2-5H,14H2,1H3,(H,15,16,17). The average Bonchev–Trinajstić information content (AvgIpc) is 2.36. The Labute approximate surface area is 111 Å². The lowest BCUT2D eigenvalue weighted by Crippen LogP contribution is -2.04. The quantitative estimate of drug-likeness (QED) is 0.911. The van der Waals surface area contributed by atoms with E-state index in [9.17, 15) is 4.39 Å². The first-order valence-corrected chi connectivity index (χ1v) is 5.78. The third kappa shape index (κ3) is 2.35. The summed E-state index contributed by atoms with van der Waals surface area (Å²) < 4.78 is 19.2. The number of para-hydroxylation sites is 1. The van der Waals surface area contributed by atoms with E-state index in [0.717, 1.165) is 0 Å². The number of rotatable bonds is 3. The number of methoxy groups -OCH3 is 1. The van der Waals surface area contributed by atoms with Gasteiger partial charge in [-0.05, 0) is 28.1 Å². The number of nitrogens with zero attached hydrogens (tertiary/aromatic N) is 2. The Balaban J connectivity index is 2.40. The summed E-state index contributed by atoms with van der Waals surface area (Å²) in [4.78, 5) is 7.79. The van der Waals surface area contributed by atoms with E-state index in [1.807, 2.05) is 0 Å². The molecule has 2 aromatic rings. The van der Waals surface area contributed by atoms with E-state index in [1.54, 1.807) is 12.1 Å². The summed E-state index contributed by atoms with van der Waals surface area (Å²) in [6.07, 6.45) is 1.28. The zero-order valence-electron chi connectivity index (χ0n) is 9.45. The van der Waals surface area contributed by atoms with E-state index in [-0.39, 0.29) is 23.1 Å². The van der Waals surface area contributed by atoms with E-state index in [1.165, 1.54) is 19.5 Å². The second-order valence-corrected chi connectivity index (χ2v) is 4.22. The Hall–Kier alpha value is -1.89. The van der Waals surface area contributed by atoms with Crippen molar-refractivity contribution in [3.05, 3.63) is 34.8 Å². The maximum Gasteiger partial charge on any atom is 0.242 e. The summed E-state index contributed by atoms with van der Waals surface area (Å²) in [6.45, 7) is 0. The van der Waals surface area contributed by atoms with Gasteiger partial charge in [0.15, 0.2) is 5.82 Å². The summed E-state index contributed by atoms with van der Waals surface area (Å²) in [5.41, 5.74) is 6.26. The smallest absolute Gasteiger partial charge is 0.242 e. The molecule has 0 saturated heterocycles. The molecule has 1 aromatic carbocycles. The second-order valence-electron chi connectivity index (χ2n) is 3.37. The van der Waals surface area contributed by atoms with Crippen LogP contribution in [0.1, 0.15) is 0 Å². The van der Waals surface area contributed by atoms with Gasteiger partial charge in [-0.15, -0.1) is 0 Å². The Bertz CT molecular complexity index is 559. The fraction of sp³-hybridized carbons (Fsp3) is 0.0909. The van der Waals surface area contributed by atoms with E-state index in [0.29, 0.717) is 4.47 Å². The zero-order chi connectivity index (χ0) is 13.1. The van der Waals surface area contributed by atoms with Crippen molar-refractivity contribution in [3.63, 3.8) is 0 Å². The number of ether oxygens (including phenoxy) is 1. The molecule has 7 heteroatoms. The van der Waals surface area contributed by atoms with Crippen molar-refractivity contribution in [2.45, 2.75) is 0 Å². The minimum absolute atomic E-state index is 0.218. The third-order valence-electron chi connectivity index (χ3n) is 2.25. The highest BCUT2D eigenvalue weighted by Crippen LogP contribution is 2.32. The molecule has 0 aliphatic rings. The SMILES string of the molecule is COc1ncnc(Nc2c(F)cccc2Br)c1N. The third-order valence-corrected chi connectivity index (χ3v) is 2.91. The van der Waals surface area contributed by atoms with E-state index in [2.05, 4.69) is 31.2 Å². The number of halogens is 2. The molecule has 1 aromatic heterocycles. The van der Waals surface area contributed by atoms with Gasteiger partial charge >= 0.3 is 0 Å². The normalized spacial score (nSPS) is 10.2. The summed E-state index contributed by atoms with van der Waals surface area (Å²) in [5, 5.41) is 2.81. The van der Waals surface area contributed by atoms with Gasteiger partial charge in [-0.25, -0.2) is 9.37 Å². The van der Waals surface area contributed by atoms with Gasteiger partial charge in [-0.3, -0.25) is 0 Å². The molecule has 0 saturated carbocycles. The molecule has 0 aliphatic carbocycles. The molecule has 0 spiro atoms. The fourth-order valence-corrected chi connectivity index (χ4v) is 1.82. The van der Waals surface area contributed by atoms with Gasteiger partial charge in [-0.1, -0.05) is 6.07 Å². The molecule has 0 aliphatic heterocycles. The van der Waals surface area contributed by atoms with Gasteiger partial charge < -0.3 is 15.8 Å². The van der Waals surface area contributed by atoms with Gasteiger partial charge in [0, 0.05) is 4.47 Å². The number of hydrogen-bond acceptors (Lipinski definition) is 5. The van der Waals surface area contributed by atoms with Crippen LogP contribution in [0.15, 0.2) is 29.0 Å². The minimum Gasteiger partial charge on any atom is -0.479 e. The van der Waals surface area contributed by atoms with Crippen molar-refractivity contribution in [1.29, 1.82) is 0 Å². The molecule has 2 rings (SSSR count). The monoisotopic (exact) mass is 312 g/mol. The van der Waals surface area contributed by atoms with Crippen LogP contribution in [-0.2, 0) is 0 Å². The van der Waals surface area contributed by atoms with Crippen LogP contribution >= 0.6 is 15.9 Å². The minimum atomic E-state index is -0.415. The number of nitrogen functional groups attached to an aromatic ring is 1. The lowest BCUT2D eigenvalue weighted by atomic mass is 10.3. The highest BCUT2D eigenvalue weighted by Gasteiger charge is 2.12. The first kappa shape index (κ1) is 12.6. The van der Waals surface area contributed by atoms with Crippen LogP contribution in [0, 0.1) is 5.82 Å². The van der Waals surface area contributed by atoms with Gasteiger partial charge in [0.1, 0.15) is 17.8 Å². The molecule has 0 radical (unpaired) electrons. The maximum absolute atomic E-state index is 13.6. The molecule has 0 bridgehead atoms. The number of aromatic nitrogens is 2. The van der Waals surface area contributed by atoms with Gasteiger partial charge in [0.05, 0.1) is 12.8 Å². The predicted octanol–water partition coefficient (Wildman–Crippen LogP) is 2.71. The summed E-state index contributed by atoms with van der Waals surface area (Å²) in [7, 11) is 1.45. The van der Waals surface area contributed by atoms with Crippen molar-refractivity contribution in [2.75, 3.05) is 18.2 Å². The Morgan fingerprint density at radius 1 is 1.39 bits per heavy atom. The molecule has 94 valence electrons. The Kier molecular flexibility index (Phi) is 3.61. The van der Waals surface area contributed by atoms with E-state index >= 15 is 0 Å². The van der Waals surface area contributed by atoms with E-state index < -0.39 is 5.82 Å². The summed E-state index contributed by atoms with van der Waals surface area (Å²) >= 11 is 3.25. The number of nitrogens with two attached hydrogens (primary N) is 1. The number of hydrogen-bond donors (Lipinski definition) is 2. The van der Waals surface area contributed by atoms with Crippen LogP contribution in [0.5, 0.6) is 5.88 Å². The summed E-state index contributed by atoms with van der Waals surface area (Å²) in [6, 6.07) is 4.64. The molecule has 0 fully saturated rings. The van der Waals surface area contributed by atoms with Crippen LogP contribution < -0.4 is 15.8 Å². The lowest BCUT2D eigenvalue weighted by Gasteiger charge is -2.11. The zero-order valence-corrected chi connectivity index (χ0v) is 11.0. The fourth-order valence-electron chi connectivity index (χ4n) is 1.38. The highest BCUT2D eigenvalue weighted by molar-refractivity contribution is 9.10. The second kappa shape index (κ2) is 5.18. The molecule has 0 unspecified atom stereocenters. The number of anilines is 3. The number of benzene rings is 1. The molecule has 3 N–H and O–H groups in total.